The largest absolute Gasteiger partial charge is 0.383 e. The molecule has 0 aliphatic carbocycles. The Hall–Kier alpha value is 0.230. The summed E-state index contributed by atoms with van der Waals surface area (Å²) in [7, 11) is 1.75. The zero-order valence-electron chi connectivity index (χ0n) is 10.9. The van der Waals surface area contributed by atoms with Crippen LogP contribution in [0.3, 0.4) is 0 Å². The normalized spacial score (nSPS) is 21.9. The average Bonchev–Trinajstić information content (AvgIpc) is 2.40. The van der Waals surface area contributed by atoms with Gasteiger partial charge >= 0.3 is 0 Å². The lowest BCUT2D eigenvalue weighted by atomic mass is 10.1. The van der Waals surface area contributed by atoms with Gasteiger partial charge in [0.2, 0.25) is 0 Å². The van der Waals surface area contributed by atoms with Gasteiger partial charge in [0.15, 0.2) is 0 Å². The number of hydrogen-bond donors (Lipinski definition) is 1. The second kappa shape index (κ2) is 7.54. The van der Waals surface area contributed by atoms with E-state index in [-0.39, 0.29) is 0 Å². The van der Waals surface area contributed by atoms with Crippen molar-refractivity contribution in [1.29, 1.82) is 0 Å². The predicted molar refractivity (Wildman–Crippen MR) is 72.3 cm³/mol. The SMILES string of the molecule is COCCNCCN1CCSC(C)(C)CC1. The van der Waals surface area contributed by atoms with E-state index in [4.69, 9.17) is 4.74 Å². The Morgan fingerprint density at radius 2 is 2.12 bits per heavy atom. The molecule has 4 heteroatoms. The first-order chi connectivity index (χ1) is 7.64. The lowest BCUT2D eigenvalue weighted by Crippen LogP contribution is -2.35. The van der Waals surface area contributed by atoms with Crippen molar-refractivity contribution in [2.24, 2.45) is 0 Å². The molecule has 0 amide bonds. The van der Waals surface area contributed by atoms with Crippen molar-refractivity contribution in [3.8, 4) is 0 Å². The topological polar surface area (TPSA) is 24.5 Å². The molecule has 0 saturated carbocycles. The third-order valence-corrected chi connectivity index (χ3v) is 4.39. The summed E-state index contributed by atoms with van der Waals surface area (Å²) in [5.41, 5.74) is 0. The zero-order chi connectivity index (χ0) is 11.9. The van der Waals surface area contributed by atoms with Crippen molar-refractivity contribution in [2.45, 2.75) is 25.0 Å². The van der Waals surface area contributed by atoms with Crippen LogP contribution in [0, 0.1) is 0 Å². The molecule has 0 spiro atoms. The van der Waals surface area contributed by atoms with Crippen molar-refractivity contribution < 1.29 is 4.74 Å². The molecule has 1 fully saturated rings. The molecule has 1 aliphatic heterocycles. The maximum atomic E-state index is 5.00. The van der Waals surface area contributed by atoms with Crippen molar-refractivity contribution >= 4 is 11.8 Å². The summed E-state index contributed by atoms with van der Waals surface area (Å²) in [5.74, 6) is 1.27. The fourth-order valence-electron chi connectivity index (χ4n) is 1.82. The van der Waals surface area contributed by atoms with Crippen LogP contribution in [0.15, 0.2) is 0 Å². The van der Waals surface area contributed by atoms with E-state index in [1.165, 1.54) is 31.8 Å². The highest BCUT2D eigenvalue weighted by atomic mass is 32.2. The summed E-state index contributed by atoms with van der Waals surface area (Å²) in [4.78, 5) is 2.57. The Morgan fingerprint density at radius 3 is 2.88 bits per heavy atom. The first-order valence-electron chi connectivity index (χ1n) is 6.20. The van der Waals surface area contributed by atoms with Crippen LogP contribution in [0.4, 0.5) is 0 Å². The summed E-state index contributed by atoms with van der Waals surface area (Å²) in [6.07, 6.45) is 1.30. The van der Waals surface area contributed by atoms with Gasteiger partial charge in [-0.3, -0.25) is 0 Å². The van der Waals surface area contributed by atoms with Gasteiger partial charge in [0.25, 0.3) is 0 Å². The summed E-state index contributed by atoms with van der Waals surface area (Å²) >= 11 is 2.11. The fourth-order valence-corrected chi connectivity index (χ4v) is 2.96. The van der Waals surface area contributed by atoms with Crippen LogP contribution in [0.25, 0.3) is 0 Å². The third kappa shape index (κ3) is 6.09. The molecule has 0 aromatic rings. The van der Waals surface area contributed by atoms with Crippen molar-refractivity contribution in [2.75, 3.05) is 52.2 Å². The van der Waals surface area contributed by atoms with Gasteiger partial charge in [-0.25, -0.2) is 0 Å². The van der Waals surface area contributed by atoms with Gasteiger partial charge in [-0.05, 0) is 13.0 Å². The molecular formula is C12H26N2OS. The van der Waals surface area contributed by atoms with Crippen molar-refractivity contribution in [3.63, 3.8) is 0 Å². The molecule has 0 aromatic heterocycles. The monoisotopic (exact) mass is 246 g/mol. The Balaban J connectivity index is 2.08. The molecule has 0 radical (unpaired) electrons. The first kappa shape index (κ1) is 14.3. The molecule has 96 valence electrons. The van der Waals surface area contributed by atoms with Gasteiger partial charge < -0.3 is 15.0 Å². The Labute approximate surface area is 104 Å². The molecule has 16 heavy (non-hydrogen) atoms. The summed E-state index contributed by atoms with van der Waals surface area (Å²) in [6.45, 7) is 11.2. The van der Waals surface area contributed by atoms with E-state index >= 15 is 0 Å². The molecule has 1 heterocycles. The van der Waals surface area contributed by atoms with Crippen LogP contribution in [-0.2, 0) is 4.74 Å². The van der Waals surface area contributed by atoms with Crippen molar-refractivity contribution in [1.82, 2.24) is 10.2 Å². The minimum absolute atomic E-state index is 0.470. The highest BCUT2D eigenvalue weighted by Crippen LogP contribution is 2.30. The van der Waals surface area contributed by atoms with Crippen LogP contribution >= 0.6 is 11.8 Å². The van der Waals surface area contributed by atoms with E-state index in [0.717, 1.165) is 19.7 Å². The van der Waals surface area contributed by atoms with Gasteiger partial charge in [-0.2, -0.15) is 11.8 Å². The second-order valence-corrected chi connectivity index (χ2v) is 6.74. The van der Waals surface area contributed by atoms with Gasteiger partial charge in [0.05, 0.1) is 6.61 Å². The predicted octanol–water partition coefficient (Wildman–Crippen LogP) is 1.44. The zero-order valence-corrected chi connectivity index (χ0v) is 11.7. The third-order valence-electron chi connectivity index (χ3n) is 3.02. The number of methoxy groups -OCH3 is 1. The lowest BCUT2D eigenvalue weighted by molar-refractivity contribution is 0.197. The summed E-state index contributed by atoms with van der Waals surface area (Å²) in [6, 6.07) is 0. The van der Waals surface area contributed by atoms with Crippen LogP contribution in [0.5, 0.6) is 0 Å². The standard InChI is InChI=1S/C12H26N2OS/c1-12(2)4-7-14(9-11-16-12)8-5-13-6-10-15-3/h13H,4-11H2,1-3H3. The Morgan fingerprint density at radius 1 is 1.31 bits per heavy atom. The number of thioether (sulfide) groups is 1. The molecule has 0 unspecified atom stereocenters. The molecule has 0 aromatic carbocycles. The van der Waals surface area contributed by atoms with E-state index in [2.05, 4.69) is 35.8 Å². The van der Waals surface area contributed by atoms with Gasteiger partial charge in [0, 0.05) is 43.8 Å². The minimum Gasteiger partial charge on any atom is -0.383 e. The Kier molecular flexibility index (Phi) is 6.73. The van der Waals surface area contributed by atoms with E-state index < -0.39 is 0 Å². The number of nitrogens with one attached hydrogen (secondary N) is 1. The van der Waals surface area contributed by atoms with Crippen LogP contribution in [0.2, 0.25) is 0 Å². The van der Waals surface area contributed by atoms with E-state index in [9.17, 15) is 0 Å². The first-order valence-corrected chi connectivity index (χ1v) is 7.18. The summed E-state index contributed by atoms with van der Waals surface area (Å²) in [5, 5.41) is 3.40. The highest BCUT2D eigenvalue weighted by molar-refractivity contribution is 8.00. The van der Waals surface area contributed by atoms with Gasteiger partial charge in [-0.15, -0.1) is 0 Å². The average molecular weight is 246 g/mol. The van der Waals surface area contributed by atoms with Crippen LogP contribution in [-0.4, -0.2) is 61.8 Å². The van der Waals surface area contributed by atoms with Crippen LogP contribution in [0.1, 0.15) is 20.3 Å². The molecular weight excluding hydrogens is 220 g/mol. The minimum atomic E-state index is 0.470. The molecule has 3 nitrogen and oxygen atoms in total. The maximum Gasteiger partial charge on any atom is 0.0587 e. The van der Waals surface area contributed by atoms with E-state index in [1.807, 2.05) is 0 Å². The number of nitrogens with zero attached hydrogens (tertiary/aromatic N) is 1. The molecule has 1 saturated heterocycles. The fraction of sp³-hybridized carbons (Fsp3) is 1.00. The van der Waals surface area contributed by atoms with Crippen LogP contribution < -0.4 is 5.32 Å². The molecule has 1 aliphatic rings. The lowest BCUT2D eigenvalue weighted by Gasteiger charge is -2.22. The summed E-state index contributed by atoms with van der Waals surface area (Å²) < 4.78 is 5.47. The Bertz CT molecular complexity index is 188. The van der Waals surface area contributed by atoms with E-state index in [0.29, 0.717) is 4.75 Å². The van der Waals surface area contributed by atoms with Crippen molar-refractivity contribution in [3.05, 3.63) is 0 Å². The van der Waals surface area contributed by atoms with Gasteiger partial charge in [0.1, 0.15) is 0 Å². The number of hydrogen-bond acceptors (Lipinski definition) is 4. The molecule has 1 rings (SSSR count). The quantitative estimate of drug-likeness (QED) is 0.717. The van der Waals surface area contributed by atoms with E-state index in [1.54, 1.807) is 7.11 Å². The smallest absolute Gasteiger partial charge is 0.0587 e. The molecule has 0 atom stereocenters. The second-order valence-electron chi connectivity index (χ2n) is 4.94. The number of ether oxygens (including phenoxy) is 1. The number of rotatable bonds is 6. The highest BCUT2D eigenvalue weighted by Gasteiger charge is 2.23. The molecule has 0 bridgehead atoms. The maximum absolute atomic E-state index is 5.00. The molecule has 1 N–H and O–H groups in total. The van der Waals surface area contributed by atoms with Gasteiger partial charge in [-0.1, -0.05) is 13.8 Å².